The molecule has 0 aromatic carbocycles. The van der Waals surface area contributed by atoms with Gasteiger partial charge in [0.1, 0.15) is 0 Å². The van der Waals surface area contributed by atoms with Gasteiger partial charge in [0.15, 0.2) is 0 Å². The zero-order valence-corrected chi connectivity index (χ0v) is 25.3. The third-order valence-electron chi connectivity index (χ3n) is 9.19. The second-order valence-electron chi connectivity index (χ2n) is 12.3. The van der Waals surface area contributed by atoms with E-state index in [2.05, 4.69) is 39.8 Å². The minimum Gasteiger partial charge on any atom is -0.327 e. The molecule has 0 heterocycles. The van der Waals surface area contributed by atoms with Crippen molar-refractivity contribution in [3.05, 3.63) is 12.2 Å². The van der Waals surface area contributed by atoms with Crippen LogP contribution in [0, 0.1) is 23.7 Å². The summed E-state index contributed by atoms with van der Waals surface area (Å²) in [5.74, 6) is 2.63. The summed E-state index contributed by atoms with van der Waals surface area (Å²) < 4.78 is 0. The highest BCUT2D eigenvalue weighted by Gasteiger charge is 2.42. The van der Waals surface area contributed by atoms with Gasteiger partial charge < -0.3 is 11.5 Å². The van der Waals surface area contributed by atoms with Crippen LogP contribution in [0.2, 0.25) is 0 Å². The molecule has 6 unspecified atom stereocenters. The number of hydrogen-bond donors (Lipinski definition) is 2. The maximum Gasteiger partial charge on any atom is 0.00761 e. The van der Waals surface area contributed by atoms with Crippen LogP contribution in [0.15, 0.2) is 12.2 Å². The Kier molecular flexibility index (Phi) is 21.2. The van der Waals surface area contributed by atoms with E-state index in [0.29, 0.717) is 29.8 Å². The standard InChI is InChI=1S/C34H68N2/c1-5-9-13-17-18-20-24-30-29(23-19-14-10-6-2)27-28-31(32(35)25-21-15-11-7-3)34(30)33(36)26-22-16-12-8-4/h20,24,29-34H,5-19,21-23,25-28,35-36H2,1-4H3. The van der Waals surface area contributed by atoms with Crippen LogP contribution in [-0.2, 0) is 0 Å². The highest BCUT2D eigenvalue weighted by atomic mass is 14.7. The predicted octanol–water partition coefficient (Wildman–Crippen LogP) is 10.3. The fraction of sp³-hybridized carbons (Fsp3) is 0.941. The first kappa shape index (κ1) is 33.7. The van der Waals surface area contributed by atoms with Crippen molar-refractivity contribution in [3.8, 4) is 0 Å². The average molecular weight is 505 g/mol. The smallest absolute Gasteiger partial charge is 0.00761 e. The molecule has 0 bridgehead atoms. The van der Waals surface area contributed by atoms with E-state index in [-0.39, 0.29) is 0 Å². The summed E-state index contributed by atoms with van der Waals surface area (Å²) in [6, 6.07) is 0.636. The van der Waals surface area contributed by atoms with Gasteiger partial charge in [-0.05, 0) is 68.6 Å². The SMILES string of the molecule is CCCCCCC=CC1C(CCCCCC)CCC(C(N)CCCCCC)C1C(N)CCCCCC. The van der Waals surface area contributed by atoms with Crippen LogP contribution >= 0.6 is 0 Å². The van der Waals surface area contributed by atoms with Crippen molar-refractivity contribution >= 4 is 0 Å². The van der Waals surface area contributed by atoms with Gasteiger partial charge in [-0.1, -0.05) is 136 Å². The van der Waals surface area contributed by atoms with Crippen molar-refractivity contribution in [3.63, 3.8) is 0 Å². The summed E-state index contributed by atoms with van der Waals surface area (Å²) in [5.41, 5.74) is 14.2. The van der Waals surface area contributed by atoms with Gasteiger partial charge in [-0.3, -0.25) is 0 Å². The topological polar surface area (TPSA) is 52.0 Å². The zero-order valence-electron chi connectivity index (χ0n) is 25.3. The molecule has 1 rings (SSSR count). The van der Waals surface area contributed by atoms with Crippen molar-refractivity contribution in [1.29, 1.82) is 0 Å². The molecule has 1 fully saturated rings. The Morgan fingerprint density at radius 2 is 1.14 bits per heavy atom. The number of rotatable bonds is 23. The molecule has 0 aromatic heterocycles. The summed E-state index contributed by atoms with van der Waals surface area (Å²) in [4.78, 5) is 0. The van der Waals surface area contributed by atoms with Crippen LogP contribution in [0.4, 0.5) is 0 Å². The van der Waals surface area contributed by atoms with Crippen LogP contribution in [0.3, 0.4) is 0 Å². The van der Waals surface area contributed by atoms with Crippen LogP contribution in [-0.4, -0.2) is 12.1 Å². The average Bonchev–Trinajstić information content (AvgIpc) is 2.89. The van der Waals surface area contributed by atoms with Crippen molar-refractivity contribution in [1.82, 2.24) is 0 Å². The molecule has 2 nitrogen and oxygen atoms in total. The lowest BCUT2D eigenvalue weighted by atomic mass is 9.60. The molecule has 4 N–H and O–H groups in total. The summed E-state index contributed by atoms with van der Waals surface area (Å²) in [6.45, 7) is 9.23. The van der Waals surface area contributed by atoms with Gasteiger partial charge in [0.05, 0.1) is 0 Å². The summed E-state index contributed by atoms with van der Waals surface area (Å²) in [7, 11) is 0. The fourth-order valence-electron chi connectivity index (χ4n) is 6.91. The number of unbranched alkanes of at least 4 members (excludes halogenated alkanes) is 13. The van der Waals surface area contributed by atoms with Gasteiger partial charge in [-0.2, -0.15) is 0 Å². The molecular formula is C34H68N2. The van der Waals surface area contributed by atoms with E-state index in [1.54, 1.807) is 0 Å². The Bertz CT molecular complexity index is 501. The molecule has 36 heavy (non-hydrogen) atoms. The lowest BCUT2D eigenvalue weighted by Gasteiger charge is -2.47. The van der Waals surface area contributed by atoms with Gasteiger partial charge in [-0.25, -0.2) is 0 Å². The lowest BCUT2D eigenvalue weighted by Crippen LogP contribution is -2.50. The van der Waals surface area contributed by atoms with Gasteiger partial charge >= 0.3 is 0 Å². The molecule has 0 aliphatic heterocycles. The first-order chi connectivity index (χ1) is 17.6. The van der Waals surface area contributed by atoms with Gasteiger partial charge in [0, 0.05) is 12.1 Å². The number of hydrogen-bond acceptors (Lipinski definition) is 2. The molecule has 0 spiro atoms. The van der Waals surface area contributed by atoms with Crippen molar-refractivity contribution in [2.24, 2.45) is 35.1 Å². The molecule has 2 heteroatoms. The van der Waals surface area contributed by atoms with E-state index in [1.165, 1.54) is 141 Å². The molecule has 1 saturated carbocycles. The minimum absolute atomic E-state index is 0.307. The van der Waals surface area contributed by atoms with Crippen molar-refractivity contribution < 1.29 is 0 Å². The van der Waals surface area contributed by atoms with E-state index in [0.717, 1.165) is 5.92 Å². The molecular weight excluding hydrogens is 436 g/mol. The Morgan fingerprint density at radius 1 is 0.611 bits per heavy atom. The summed E-state index contributed by atoms with van der Waals surface area (Å²) in [6.07, 6.45) is 34.3. The maximum atomic E-state index is 7.14. The molecule has 1 aliphatic carbocycles. The molecule has 0 saturated heterocycles. The molecule has 214 valence electrons. The molecule has 0 amide bonds. The Hall–Kier alpha value is -0.340. The van der Waals surface area contributed by atoms with Crippen LogP contribution < -0.4 is 11.5 Å². The van der Waals surface area contributed by atoms with Crippen LogP contribution in [0.1, 0.15) is 169 Å². The van der Waals surface area contributed by atoms with E-state index in [1.807, 2.05) is 0 Å². The van der Waals surface area contributed by atoms with E-state index in [4.69, 9.17) is 11.5 Å². The maximum absolute atomic E-state index is 7.14. The van der Waals surface area contributed by atoms with Crippen molar-refractivity contribution in [2.45, 2.75) is 181 Å². The molecule has 6 atom stereocenters. The lowest BCUT2D eigenvalue weighted by molar-refractivity contribution is 0.0700. The van der Waals surface area contributed by atoms with Crippen LogP contribution in [0.5, 0.6) is 0 Å². The number of nitrogens with two attached hydrogens (primary N) is 2. The highest BCUT2D eigenvalue weighted by molar-refractivity contribution is 5.04. The molecule has 0 aromatic rings. The van der Waals surface area contributed by atoms with Crippen molar-refractivity contribution in [2.75, 3.05) is 0 Å². The third-order valence-corrected chi connectivity index (χ3v) is 9.19. The highest BCUT2D eigenvalue weighted by Crippen LogP contribution is 2.46. The number of allylic oxidation sites excluding steroid dienone is 2. The molecule has 1 aliphatic rings. The van der Waals surface area contributed by atoms with Gasteiger partial charge in [0.2, 0.25) is 0 Å². The second kappa shape index (κ2) is 22.6. The van der Waals surface area contributed by atoms with E-state index >= 15 is 0 Å². The third kappa shape index (κ3) is 14.0. The summed E-state index contributed by atoms with van der Waals surface area (Å²) in [5, 5.41) is 0. The minimum atomic E-state index is 0.307. The Balaban J connectivity index is 3.00. The second-order valence-corrected chi connectivity index (χ2v) is 12.3. The zero-order chi connectivity index (χ0) is 26.4. The Labute approximate surface area is 228 Å². The quantitative estimate of drug-likeness (QED) is 0.107. The molecule has 0 radical (unpaired) electrons. The van der Waals surface area contributed by atoms with Crippen LogP contribution in [0.25, 0.3) is 0 Å². The summed E-state index contributed by atoms with van der Waals surface area (Å²) >= 11 is 0. The predicted molar refractivity (Wildman–Crippen MR) is 163 cm³/mol. The fourth-order valence-corrected chi connectivity index (χ4v) is 6.91. The first-order valence-corrected chi connectivity index (χ1v) is 16.8. The van der Waals surface area contributed by atoms with Gasteiger partial charge in [0.25, 0.3) is 0 Å². The van der Waals surface area contributed by atoms with Gasteiger partial charge in [-0.15, -0.1) is 0 Å². The van der Waals surface area contributed by atoms with E-state index < -0.39 is 0 Å². The monoisotopic (exact) mass is 505 g/mol. The normalized spacial score (nSPS) is 24.4. The Morgan fingerprint density at radius 3 is 1.72 bits per heavy atom. The largest absolute Gasteiger partial charge is 0.327 e. The first-order valence-electron chi connectivity index (χ1n) is 16.8. The van der Waals surface area contributed by atoms with E-state index in [9.17, 15) is 0 Å².